The summed E-state index contributed by atoms with van der Waals surface area (Å²) in [5.74, 6) is 0.0640. The Morgan fingerprint density at radius 1 is 0.889 bits per heavy atom. The third-order valence-electron chi connectivity index (χ3n) is 8.87. The van der Waals surface area contributed by atoms with Crippen molar-refractivity contribution < 1.29 is 17.9 Å². The monoisotopic (exact) mass is 627 g/mol. The van der Waals surface area contributed by atoms with Crippen LogP contribution in [0.4, 0.5) is 4.79 Å². The minimum absolute atomic E-state index is 0.0640. The van der Waals surface area contributed by atoms with Crippen LogP contribution in [0.25, 0.3) is 10.8 Å². The first kappa shape index (κ1) is 32.7. The maximum Gasteiger partial charge on any atom is 0.410 e. The lowest BCUT2D eigenvalue weighted by Crippen LogP contribution is -2.48. The summed E-state index contributed by atoms with van der Waals surface area (Å²) in [4.78, 5) is 17.9. The number of likely N-dealkylation sites (N-methyl/N-ethyl adjacent to an activating group) is 1. The first-order valence-corrected chi connectivity index (χ1v) is 17.5. The van der Waals surface area contributed by atoms with Crippen molar-refractivity contribution in [3.8, 4) is 0 Å². The third-order valence-corrected chi connectivity index (χ3v) is 10.7. The molecule has 4 aromatic rings. The Labute approximate surface area is 268 Å². The van der Waals surface area contributed by atoms with Crippen LogP contribution in [0.2, 0.25) is 0 Å². The van der Waals surface area contributed by atoms with Crippen LogP contribution in [0.1, 0.15) is 49.7 Å². The van der Waals surface area contributed by atoms with Crippen LogP contribution in [-0.4, -0.2) is 74.4 Å². The van der Waals surface area contributed by atoms with E-state index < -0.39 is 10.0 Å². The van der Waals surface area contributed by atoms with Gasteiger partial charge in [0.1, 0.15) is 6.61 Å². The molecule has 0 radical (unpaired) electrons. The van der Waals surface area contributed by atoms with Crippen LogP contribution < -0.4 is 0 Å². The van der Waals surface area contributed by atoms with Gasteiger partial charge < -0.3 is 14.5 Å². The molecule has 4 aromatic carbocycles. The average molecular weight is 628 g/mol. The molecule has 1 atom stereocenters. The van der Waals surface area contributed by atoms with E-state index in [0.29, 0.717) is 18.0 Å². The second-order valence-corrected chi connectivity index (χ2v) is 14.0. The number of carbonyl (C=O) groups is 1. The molecule has 1 amide bonds. The molecule has 1 fully saturated rings. The molecule has 7 nitrogen and oxygen atoms in total. The summed E-state index contributed by atoms with van der Waals surface area (Å²) in [6.07, 6.45) is 3.27. The van der Waals surface area contributed by atoms with Gasteiger partial charge >= 0.3 is 6.09 Å². The summed E-state index contributed by atoms with van der Waals surface area (Å²) < 4.78 is 33.8. The number of piperidine rings is 1. The van der Waals surface area contributed by atoms with Gasteiger partial charge in [-0.05, 0) is 78.2 Å². The number of hydrogen-bond donors (Lipinski definition) is 0. The number of nitrogens with zero attached hydrogens (tertiary/aromatic N) is 3. The molecule has 1 saturated heterocycles. The number of fused-ring (bicyclic) bond motifs is 1. The Hall–Kier alpha value is -3.72. The number of amides is 1. The fourth-order valence-corrected chi connectivity index (χ4v) is 7.52. The molecule has 8 heteroatoms. The topological polar surface area (TPSA) is 70.2 Å². The van der Waals surface area contributed by atoms with Gasteiger partial charge in [-0.1, -0.05) is 91.9 Å². The van der Waals surface area contributed by atoms with Crippen LogP contribution in [0, 0.1) is 0 Å². The number of benzene rings is 4. The van der Waals surface area contributed by atoms with Crippen molar-refractivity contribution in [2.45, 2.75) is 56.1 Å². The van der Waals surface area contributed by atoms with E-state index in [-0.39, 0.29) is 24.7 Å². The van der Waals surface area contributed by atoms with Gasteiger partial charge in [0.25, 0.3) is 0 Å². The van der Waals surface area contributed by atoms with E-state index in [9.17, 15) is 13.2 Å². The number of ether oxygens (including phenoxy) is 1. The molecule has 0 aromatic heterocycles. The molecule has 1 unspecified atom stereocenters. The smallest absolute Gasteiger partial charge is 0.410 e. The highest BCUT2D eigenvalue weighted by Crippen LogP contribution is 2.26. The fourth-order valence-electron chi connectivity index (χ4n) is 6.28. The number of rotatable bonds is 13. The highest BCUT2D eigenvalue weighted by molar-refractivity contribution is 7.89. The Morgan fingerprint density at radius 2 is 1.53 bits per heavy atom. The maximum absolute atomic E-state index is 13.3. The van der Waals surface area contributed by atoms with Gasteiger partial charge in [0.15, 0.2) is 0 Å². The molecule has 238 valence electrons. The molecule has 1 heterocycles. The van der Waals surface area contributed by atoms with Crippen LogP contribution in [0.5, 0.6) is 0 Å². The standard InChI is InChI=1S/C37H45N3O4S/c1-3-23-40(37(41)44-29-30-18-19-32-14-10-11-15-33(32)27-30)35-21-25-39(26-22-35)24-20-34(31-12-6-4-7-13-31)28-38(2)45(42,43)36-16-8-5-9-17-36/h4-19,27,34-35H,3,20-26,28-29H2,1-2H3. The Kier molecular flexibility index (Phi) is 11.3. The van der Waals surface area contributed by atoms with E-state index in [1.807, 2.05) is 47.4 Å². The summed E-state index contributed by atoms with van der Waals surface area (Å²) in [6, 6.07) is 33.4. The Morgan fingerprint density at radius 3 is 2.22 bits per heavy atom. The quantitative estimate of drug-likeness (QED) is 0.158. The summed E-state index contributed by atoms with van der Waals surface area (Å²) in [6.45, 7) is 6.09. The largest absolute Gasteiger partial charge is 0.445 e. The Bertz CT molecular complexity index is 1620. The fraction of sp³-hybridized carbons (Fsp3) is 0.378. The molecule has 0 N–H and O–H groups in total. The zero-order valence-corrected chi connectivity index (χ0v) is 27.2. The number of sulfonamides is 1. The van der Waals surface area contributed by atoms with Gasteiger partial charge in [0.05, 0.1) is 4.90 Å². The molecule has 0 aliphatic carbocycles. The van der Waals surface area contributed by atoms with Crippen molar-refractivity contribution in [3.05, 3.63) is 114 Å². The highest BCUT2D eigenvalue weighted by Gasteiger charge is 2.30. The molecular formula is C37H45N3O4S. The van der Waals surface area contributed by atoms with Gasteiger partial charge in [-0.25, -0.2) is 17.5 Å². The lowest BCUT2D eigenvalue weighted by atomic mass is 9.94. The SMILES string of the molecule is CCCN(C(=O)OCc1ccc2ccccc2c1)C1CCN(CCC(CN(C)S(=O)(=O)c2ccccc2)c2ccccc2)CC1. The molecular weight excluding hydrogens is 582 g/mol. The van der Waals surface area contributed by atoms with Gasteiger partial charge in [0, 0.05) is 39.3 Å². The molecule has 5 rings (SSSR count). The first-order valence-electron chi connectivity index (χ1n) is 16.0. The van der Waals surface area contributed by atoms with Crippen molar-refractivity contribution in [2.75, 3.05) is 39.8 Å². The minimum Gasteiger partial charge on any atom is -0.445 e. The van der Waals surface area contributed by atoms with E-state index >= 15 is 0 Å². The summed E-state index contributed by atoms with van der Waals surface area (Å²) in [5.41, 5.74) is 2.13. The van der Waals surface area contributed by atoms with E-state index in [1.165, 1.54) is 9.69 Å². The highest BCUT2D eigenvalue weighted by atomic mass is 32.2. The first-order chi connectivity index (χ1) is 21.8. The summed E-state index contributed by atoms with van der Waals surface area (Å²) in [7, 11) is -1.91. The van der Waals surface area contributed by atoms with Gasteiger partial charge in [-0.15, -0.1) is 0 Å². The van der Waals surface area contributed by atoms with E-state index in [0.717, 1.165) is 61.8 Å². The second-order valence-electron chi connectivity index (χ2n) is 12.0. The lowest BCUT2D eigenvalue weighted by Gasteiger charge is -2.38. The number of carbonyl (C=O) groups excluding carboxylic acids is 1. The minimum atomic E-state index is -3.58. The normalized spacial score (nSPS) is 15.3. The van der Waals surface area contributed by atoms with Crippen LogP contribution in [-0.2, 0) is 21.4 Å². The molecule has 0 spiro atoms. The number of likely N-dealkylation sites (tertiary alicyclic amines) is 1. The van der Waals surface area contributed by atoms with Crippen molar-refractivity contribution in [3.63, 3.8) is 0 Å². The van der Waals surface area contributed by atoms with Gasteiger partial charge in [-0.2, -0.15) is 0 Å². The van der Waals surface area contributed by atoms with Crippen molar-refractivity contribution in [2.24, 2.45) is 0 Å². The van der Waals surface area contributed by atoms with E-state index in [4.69, 9.17) is 4.74 Å². The predicted molar refractivity (Wildman–Crippen MR) is 181 cm³/mol. The van der Waals surface area contributed by atoms with Crippen LogP contribution in [0.3, 0.4) is 0 Å². The van der Waals surface area contributed by atoms with Crippen molar-refractivity contribution >= 4 is 26.9 Å². The summed E-state index contributed by atoms with van der Waals surface area (Å²) in [5, 5.41) is 2.31. The van der Waals surface area contributed by atoms with E-state index in [1.54, 1.807) is 31.3 Å². The molecule has 1 aliphatic rings. The van der Waals surface area contributed by atoms with E-state index in [2.05, 4.69) is 48.2 Å². The van der Waals surface area contributed by atoms with Crippen LogP contribution >= 0.6 is 0 Å². The van der Waals surface area contributed by atoms with Gasteiger partial charge in [0.2, 0.25) is 10.0 Å². The molecule has 0 saturated carbocycles. The predicted octanol–water partition coefficient (Wildman–Crippen LogP) is 7.15. The Balaban J connectivity index is 1.15. The second kappa shape index (κ2) is 15.5. The van der Waals surface area contributed by atoms with Crippen molar-refractivity contribution in [1.29, 1.82) is 0 Å². The molecule has 45 heavy (non-hydrogen) atoms. The zero-order chi connectivity index (χ0) is 31.6. The lowest BCUT2D eigenvalue weighted by molar-refractivity contribution is 0.0602. The average Bonchev–Trinajstić information content (AvgIpc) is 3.08. The number of hydrogen-bond acceptors (Lipinski definition) is 5. The molecule has 1 aliphatic heterocycles. The van der Waals surface area contributed by atoms with Crippen molar-refractivity contribution in [1.82, 2.24) is 14.1 Å². The van der Waals surface area contributed by atoms with Crippen LogP contribution in [0.15, 0.2) is 108 Å². The molecule has 0 bridgehead atoms. The summed E-state index contributed by atoms with van der Waals surface area (Å²) >= 11 is 0. The maximum atomic E-state index is 13.3. The van der Waals surface area contributed by atoms with Gasteiger partial charge in [-0.3, -0.25) is 0 Å². The third kappa shape index (κ3) is 8.51. The zero-order valence-electron chi connectivity index (χ0n) is 26.4.